The van der Waals surface area contributed by atoms with Crippen molar-refractivity contribution in [2.45, 2.75) is 26.4 Å². The van der Waals surface area contributed by atoms with Crippen LogP contribution in [0.15, 0.2) is 78.9 Å². The van der Waals surface area contributed by atoms with Gasteiger partial charge >= 0.3 is 0 Å². The zero-order chi connectivity index (χ0) is 23.4. The highest BCUT2D eigenvalue weighted by molar-refractivity contribution is 6.46. The van der Waals surface area contributed by atoms with Crippen molar-refractivity contribution in [3.63, 3.8) is 0 Å². The fourth-order valence-corrected chi connectivity index (χ4v) is 3.74. The van der Waals surface area contributed by atoms with E-state index in [1.54, 1.807) is 67.3 Å². The van der Waals surface area contributed by atoms with Crippen molar-refractivity contribution in [2.75, 3.05) is 6.61 Å². The van der Waals surface area contributed by atoms with E-state index in [9.17, 15) is 14.7 Å². The molecule has 1 atom stereocenters. The van der Waals surface area contributed by atoms with Crippen LogP contribution in [0.25, 0.3) is 5.76 Å². The minimum absolute atomic E-state index is 0.0349. The number of rotatable bonds is 7. The molecule has 7 nitrogen and oxygen atoms in total. The van der Waals surface area contributed by atoms with Crippen LogP contribution in [0.3, 0.4) is 0 Å². The van der Waals surface area contributed by atoms with E-state index in [1.807, 2.05) is 6.07 Å². The predicted molar refractivity (Wildman–Crippen MR) is 123 cm³/mol. The number of amides is 1. The van der Waals surface area contributed by atoms with E-state index in [2.05, 4.69) is 23.8 Å². The second kappa shape index (κ2) is 9.65. The lowest BCUT2D eigenvalue weighted by Gasteiger charge is -2.25. The highest BCUT2D eigenvalue weighted by atomic mass is 16.5. The van der Waals surface area contributed by atoms with Crippen molar-refractivity contribution in [1.29, 1.82) is 0 Å². The quantitative estimate of drug-likeness (QED) is 0.335. The van der Waals surface area contributed by atoms with Crippen LogP contribution < -0.4 is 4.74 Å². The number of nitrogens with zero attached hydrogens (tertiary/aromatic N) is 3. The molecule has 1 fully saturated rings. The first-order valence-electron chi connectivity index (χ1n) is 10.8. The van der Waals surface area contributed by atoms with E-state index in [-0.39, 0.29) is 17.9 Å². The van der Waals surface area contributed by atoms with Gasteiger partial charge in [-0.2, -0.15) is 0 Å². The summed E-state index contributed by atoms with van der Waals surface area (Å²) in [5, 5.41) is 11.1. The number of aliphatic hydroxyl groups excluding tert-OH is 1. The molecule has 1 unspecified atom stereocenters. The number of benzene rings is 1. The van der Waals surface area contributed by atoms with Crippen LogP contribution >= 0.6 is 0 Å². The van der Waals surface area contributed by atoms with Crippen LogP contribution in [0.4, 0.5) is 0 Å². The number of carbonyl (C=O) groups is 2. The fourth-order valence-electron chi connectivity index (χ4n) is 3.74. The Morgan fingerprint density at radius 1 is 1.03 bits per heavy atom. The monoisotopic (exact) mass is 443 g/mol. The van der Waals surface area contributed by atoms with Gasteiger partial charge in [-0.25, -0.2) is 0 Å². The molecular weight excluding hydrogens is 418 g/mol. The van der Waals surface area contributed by atoms with Gasteiger partial charge in [0.15, 0.2) is 0 Å². The molecule has 1 aromatic carbocycles. The minimum Gasteiger partial charge on any atom is -0.507 e. The van der Waals surface area contributed by atoms with Gasteiger partial charge in [0, 0.05) is 36.9 Å². The van der Waals surface area contributed by atoms with Crippen LogP contribution in [0.5, 0.6) is 5.75 Å². The number of aliphatic hydroxyl groups is 1. The molecular formula is C26H25N3O4. The van der Waals surface area contributed by atoms with Crippen molar-refractivity contribution < 1.29 is 19.4 Å². The summed E-state index contributed by atoms with van der Waals surface area (Å²) in [4.78, 5) is 35.8. The Hall–Kier alpha value is -4.00. The van der Waals surface area contributed by atoms with E-state index >= 15 is 0 Å². The number of aromatic nitrogens is 2. The smallest absolute Gasteiger partial charge is 0.295 e. The number of likely N-dealkylation sites (tertiary alicyclic amines) is 1. The van der Waals surface area contributed by atoms with E-state index in [4.69, 9.17) is 4.74 Å². The molecule has 33 heavy (non-hydrogen) atoms. The molecule has 1 saturated heterocycles. The maximum absolute atomic E-state index is 13.1. The molecule has 168 valence electrons. The van der Waals surface area contributed by atoms with E-state index in [1.165, 1.54) is 4.90 Å². The second-order valence-electron chi connectivity index (χ2n) is 8.30. The highest BCUT2D eigenvalue weighted by Gasteiger charge is 2.46. The molecule has 0 aliphatic carbocycles. The Bertz CT molecular complexity index is 1160. The van der Waals surface area contributed by atoms with Crippen molar-refractivity contribution in [3.05, 3.63) is 95.6 Å². The third-order valence-electron chi connectivity index (χ3n) is 5.33. The molecule has 2 aromatic heterocycles. The Kier molecular flexibility index (Phi) is 6.49. The third-order valence-corrected chi connectivity index (χ3v) is 5.33. The van der Waals surface area contributed by atoms with Crippen LogP contribution in [0.1, 0.15) is 36.6 Å². The average Bonchev–Trinajstić information content (AvgIpc) is 3.09. The largest absolute Gasteiger partial charge is 0.507 e. The Balaban J connectivity index is 1.74. The van der Waals surface area contributed by atoms with Crippen molar-refractivity contribution >= 4 is 17.4 Å². The van der Waals surface area contributed by atoms with Crippen LogP contribution in [-0.4, -0.2) is 38.3 Å². The molecule has 3 aromatic rings. The molecule has 3 heterocycles. The highest BCUT2D eigenvalue weighted by Crippen LogP contribution is 2.40. The topological polar surface area (TPSA) is 92.6 Å². The van der Waals surface area contributed by atoms with Gasteiger partial charge in [-0.3, -0.25) is 19.6 Å². The summed E-state index contributed by atoms with van der Waals surface area (Å²) >= 11 is 0. The van der Waals surface area contributed by atoms with Crippen LogP contribution in [0.2, 0.25) is 0 Å². The van der Waals surface area contributed by atoms with E-state index in [0.717, 1.165) is 5.56 Å². The summed E-state index contributed by atoms with van der Waals surface area (Å²) in [6.07, 6.45) is 6.51. The first-order valence-corrected chi connectivity index (χ1v) is 10.8. The summed E-state index contributed by atoms with van der Waals surface area (Å²) in [5.74, 6) is -0.586. The van der Waals surface area contributed by atoms with E-state index < -0.39 is 17.7 Å². The molecule has 0 spiro atoms. The summed E-state index contributed by atoms with van der Waals surface area (Å²) in [6.45, 7) is 4.87. The van der Waals surface area contributed by atoms with Crippen molar-refractivity contribution in [1.82, 2.24) is 14.9 Å². The number of hydrogen-bond donors (Lipinski definition) is 1. The number of ether oxygens (including phenoxy) is 1. The summed E-state index contributed by atoms with van der Waals surface area (Å²) < 4.78 is 5.70. The number of ketones is 1. The molecule has 1 amide bonds. The number of Topliss-reactive ketones (excluding diaryl/α,β-unsaturated/α-hetero) is 1. The number of pyridine rings is 2. The molecule has 0 bridgehead atoms. The summed E-state index contributed by atoms with van der Waals surface area (Å²) in [5.41, 5.74) is 1.88. The van der Waals surface area contributed by atoms with Crippen molar-refractivity contribution in [3.8, 4) is 5.75 Å². The van der Waals surface area contributed by atoms with Gasteiger partial charge in [0.25, 0.3) is 11.7 Å². The lowest BCUT2D eigenvalue weighted by Crippen LogP contribution is -2.29. The number of hydrogen-bond acceptors (Lipinski definition) is 6. The summed E-state index contributed by atoms with van der Waals surface area (Å²) in [7, 11) is 0. The molecule has 1 N–H and O–H groups in total. The van der Waals surface area contributed by atoms with Gasteiger partial charge in [0.05, 0.1) is 18.2 Å². The predicted octanol–water partition coefficient (Wildman–Crippen LogP) is 4.13. The lowest BCUT2D eigenvalue weighted by molar-refractivity contribution is -0.140. The average molecular weight is 444 g/mol. The second-order valence-corrected chi connectivity index (χ2v) is 8.30. The maximum Gasteiger partial charge on any atom is 0.295 e. The first kappa shape index (κ1) is 22.2. The Morgan fingerprint density at radius 2 is 1.73 bits per heavy atom. The molecule has 7 heteroatoms. The zero-order valence-corrected chi connectivity index (χ0v) is 18.5. The molecule has 0 radical (unpaired) electrons. The van der Waals surface area contributed by atoms with Gasteiger partial charge in [-0.15, -0.1) is 0 Å². The van der Waals surface area contributed by atoms with E-state index in [0.29, 0.717) is 29.4 Å². The summed E-state index contributed by atoms with van der Waals surface area (Å²) in [6, 6.07) is 13.2. The van der Waals surface area contributed by atoms with Gasteiger partial charge in [-0.05, 0) is 53.4 Å². The zero-order valence-electron chi connectivity index (χ0n) is 18.5. The normalized spacial score (nSPS) is 17.5. The lowest BCUT2D eigenvalue weighted by atomic mass is 9.96. The molecule has 1 aliphatic heterocycles. The third kappa shape index (κ3) is 4.77. The molecule has 0 saturated carbocycles. The SMILES string of the molecule is CC(C)COc1ccc(C(O)=C2C(=O)C(=O)N(Cc3cccnc3)C2c2cccnc2)cc1. The first-order chi connectivity index (χ1) is 16.0. The maximum atomic E-state index is 13.1. The van der Waals surface area contributed by atoms with Gasteiger partial charge < -0.3 is 14.7 Å². The number of carbonyl (C=O) groups excluding carboxylic acids is 2. The molecule has 1 aliphatic rings. The van der Waals surface area contributed by atoms with Gasteiger partial charge in [0.1, 0.15) is 11.5 Å². The van der Waals surface area contributed by atoms with Crippen molar-refractivity contribution in [2.24, 2.45) is 5.92 Å². The fraction of sp³-hybridized carbons (Fsp3) is 0.231. The standard InChI is InChI=1S/C26H25N3O4/c1-17(2)16-33-21-9-7-19(8-10-21)24(30)22-23(20-6-4-12-28-14-20)29(26(32)25(22)31)15-18-5-3-11-27-13-18/h3-14,17,23,30H,15-16H2,1-2H3. The Morgan fingerprint density at radius 3 is 2.33 bits per heavy atom. The minimum atomic E-state index is -0.768. The van der Waals surface area contributed by atoms with Gasteiger partial charge in [-0.1, -0.05) is 26.0 Å². The Labute approximate surface area is 192 Å². The van der Waals surface area contributed by atoms with Crippen LogP contribution in [0, 0.1) is 5.92 Å². The van der Waals surface area contributed by atoms with Gasteiger partial charge in [0.2, 0.25) is 0 Å². The molecule has 4 rings (SSSR count). The van der Waals surface area contributed by atoms with Crippen LogP contribution in [-0.2, 0) is 16.1 Å².